The molecule has 1 aromatic rings. The minimum atomic E-state index is 0.164. The van der Waals surface area contributed by atoms with E-state index < -0.39 is 0 Å². The summed E-state index contributed by atoms with van der Waals surface area (Å²) in [5, 5.41) is 12.1. The van der Waals surface area contributed by atoms with Crippen LogP contribution in [0.1, 0.15) is 36.6 Å². The number of aromatic nitrogens is 1. The molecule has 1 atom stereocenters. The topological polar surface area (TPSA) is 74.7 Å². The summed E-state index contributed by atoms with van der Waals surface area (Å²) < 4.78 is 0. The van der Waals surface area contributed by atoms with Crippen molar-refractivity contribution in [1.29, 1.82) is 0 Å². The van der Waals surface area contributed by atoms with Crippen molar-refractivity contribution in [3.63, 3.8) is 0 Å². The van der Waals surface area contributed by atoms with Crippen LogP contribution in [-0.2, 0) is 12.8 Å². The van der Waals surface area contributed by atoms with Crippen molar-refractivity contribution in [2.24, 2.45) is 16.8 Å². The van der Waals surface area contributed by atoms with Gasteiger partial charge in [-0.3, -0.25) is 0 Å². The summed E-state index contributed by atoms with van der Waals surface area (Å²) >= 11 is 0. The molecule has 1 aliphatic carbocycles. The van der Waals surface area contributed by atoms with Crippen molar-refractivity contribution in [3.05, 3.63) is 22.9 Å². The number of oxime groups is 1. The molecule has 19 heavy (non-hydrogen) atoms. The van der Waals surface area contributed by atoms with Gasteiger partial charge in [0.25, 0.3) is 0 Å². The van der Waals surface area contributed by atoms with Crippen molar-refractivity contribution in [2.75, 3.05) is 18.0 Å². The summed E-state index contributed by atoms with van der Waals surface area (Å²) in [6.07, 6.45) is 4.42. The standard InChI is InChI=1S/C14H20N4O/c1-9-5-6-18(8-9)14-11(13(15)17-19)7-10-3-2-4-12(10)16-14/h7,9,19H,2-6,8H2,1H3,(H2,15,17). The fourth-order valence-corrected chi connectivity index (χ4v) is 3.07. The van der Waals surface area contributed by atoms with Gasteiger partial charge in [-0.25, -0.2) is 4.98 Å². The third-order valence-corrected chi connectivity index (χ3v) is 4.14. The first kappa shape index (κ1) is 12.3. The van der Waals surface area contributed by atoms with Gasteiger partial charge in [0.1, 0.15) is 5.82 Å². The Hall–Kier alpha value is -1.78. The molecule has 0 saturated carbocycles. The predicted octanol–water partition coefficient (Wildman–Crippen LogP) is 1.51. The third kappa shape index (κ3) is 2.13. The van der Waals surface area contributed by atoms with E-state index >= 15 is 0 Å². The highest BCUT2D eigenvalue weighted by Crippen LogP contribution is 2.30. The normalized spacial score (nSPS) is 22.9. The molecule has 1 aromatic heterocycles. The first-order valence-corrected chi connectivity index (χ1v) is 6.94. The van der Waals surface area contributed by atoms with Gasteiger partial charge in [-0.05, 0) is 43.2 Å². The molecule has 1 saturated heterocycles. The SMILES string of the molecule is CC1CCN(c2nc3c(cc2C(N)=NO)CCC3)C1. The number of nitrogens with two attached hydrogens (primary N) is 1. The highest BCUT2D eigenvalue weighted by Gasteiger charge is 2.26. The van der Waals surface area contributed by atoms with Crippen LogP contribution < -0.4 is 10.6 Å². The van der Waals surface area contributed by atoms with Crippen molar-refractivity contribution < 1.29 is 5.21 Å². The third-order valence-electron chi connectivity index (χ3n) is 4.14. The highest BCUT2D eigenvalue weighted by molar-refractivity contribution is 6.01. The van der Waals surface area contributed by atoms with E-state index in [0.29, 0.717) is 5.92 Å². The van der Waals surface area contributed by atoms with Crippen LogP contribution in [0.2, 0.25) is 0 Å². The minimum Gasteiger partial charge on any atom is -0.409 e. The predicted molar refractivity (Wildman–Crippen MR) is 74.8 cm³/mol. The molecule has 1 aliphatic heterocycles. The van der Waals surface area contributed by atoms with Crippen LogP contribution in [0.3, 0.4) is 0 Å². The van der Waals surface area contributed by atoms with Crippen LogP contribution in [-0.4, -0.2) is 29.1 Å². The van der Waals surface area contributed by atoms with E-state index in [9.17, 15) is 0 Å². The molecule has 5 nitrogen and oxygen atoms in total. The van der Waals surface area contributed by atoms with Gasteiger partial charge < -0.3 is 15.8 Å². The van der Waals surface area contributed by atoms with E-state index in [2.05, 4.69) is 23.0 Å². The molecule has 0 spiro atoms. The van der Waals surface area contributed by atoms with Crippen molar-refractivity contribution in [3.8, 4) is 0 Å². The molecule has 5 heteroatoms. The molecule has 3 N–H and O–H groups in total. The number of anilines is 1. The number of hydrogen-bond donors (Lipinski definition) is 2. The molecular weight excluding hydrogens is 240 g/mol. The van der Waals surface area contributed by atoms with Gasteiger partial charge in [-0.2, -0.15) is 0 Å². The van der Waals surface area contributed by atoms with Crippen LogP contribution in [0.5, 0.6) is 0 Å². The number of rotatable bonds is 2. The summed E-state index contributed by atoms with van der Waals surface area (Å²) in [6.45, 7) is 4.24. The van der Waals surface area contributed by atoms with Crippen molar-refractivity contribution in [1.82, 2.24) is 4.98 Å². The van der Waals surface area contributed by atoms with E-state index in [1.54, 1.807) is 0 Å². The maximum Gasteiger partial charge on any atom is 0.173 e. The number of pyridine rings is 1. The summed E-state index contributed by atoms with van der Waals surface area (Å²) in [6, 6.07) is 2.06. The molecule has 102 valence electrons. The Morgan fingerprint density at radius 3 is 3.05 bits per heavy atom. The zero-order chi connectivity index (χ0) is 13.4. The van der Waals surface area contributed by atoms with Gasteiger partial charge in [-0.15, -0.1) is 0 Å². The van der Waals surface area contributed by atoms with Gasteiger partial charge in [0.05, 0.1) is 5.56 Å². The second-order valence-electron chi connectivity index (χ2n) is 5.64. The Kier molecular flexibility index (Phi) is 3.05. The zero-order valence-corrected chi connectivity index (χ0v) is 11.3. The molecule has 2 aliphatic rings. The zero-order valence-electron chi connectivity index (χ0n) is 11.3. The Morgan fingerprint density at radius 2 is 2.37 bits per heavy atom. The Bertz CT molecular complexity index is 526. The molecule has 0 amide bonds. The lowest BCUT2D eigenvalue weighted by molar-refractivity contribution is 0.318. The summed E-state index contributed by atoms with van der Waals surface area (Å²) in [5.41, 5.74) is 9.03. The van der Waals surface area contributed by atoms with E-state index in [0.717, 1.165) is 43.7 Å². The molecule has 2 heterocycles. The largest absolute Gasteiger partial charge is 0.409 e. The first-order chi connectivity index (χ1) is 9.19. The smallest absolute Gasteiger partial charge is 0.173 e. The lowest BCUT2D eigenvalue weighted by atomic mass is 10.1. The fourth-order valence-electron chi connectivity index (χ4n) is 3.07. The van der Waals surface area contributed by atoms with Crippen LogP contribution in [0.15, 0.2) is 11.2 Å². The van der Waals surface area contributed by atoms with E-state index in [1.165, 1.54) is 17.7 Å². The Balaban J connectivity index is 2.05. The monoisotopic (exact) mass is 260 g/mol. The molecule has 1 unspecified atom stereocenters. The van der Waals surface area contributed by atoms with Gasteiger partial charge in [0, 0.05) is 18.8 Å². The van der Waals surface area contributed by atoms with Crippen LogP contribution in [0.4, 0.5) is 5.82 Å². The number of nitrogens with zero attached hydrogens (tertiary/aromatic N) is 3. The van der Waals surface area contributed by atoms with E-state index in [-0.39, 0.29) is 5.84 Å². The molecule has 0 aromatic carbocycles. The molecule has 0 radical (unpaired) electrons. The fraction of sp³-hybridized carbons (Fsp3) is 0.571. The number of amidine groups is 1. The van der Waals surface area contributed by atoms with Gasteiger partial charge >= 0.3 is 0 Å². The lowest BCUT2D eigenvalue weighted by Gasteiger charge is -2.21. The van der Waals surface area contributed by atoms with Crippen molar-refractivity contribution >= 4 is 11.7 Å². The van der Waals surface area contributed by atoms with Crippen molar-refractivity contribution in [2.45, 2.75) is 32.6 Å². The molecular formula is C14H20N4O. The number of fused-ring (bicyclic) bond motifs is 1. The summed E-state index contributed by atoms with van der Waals surface area (Å²) in [5.74, 6) is 1.73. The van der Waals surface area contributed by atoms with Crippen LogP contribution >= 0.6 is 0 Å². The molecule has 3 rings (SSSR count). The minimum absolute atomic E-state index is 0.164. The van der Waals surface area contributed by atoms with E-state index in [1.807, 2.05) is 0 Å². The lowest BCUT2D eigenvalue weighted by Crippen LogP contribution is -2.26. The first-order valence-electron chi connectivity index (χ1n) is 6.94. The Morgan fingerprint density at radius 1 is 1.53 bits per heavy atom. The summed E-state index contributed by atoms with van der Waals surface area (Å²) in [4.78, 5) is 7.05. The molecule has 0 bridgehead atoms. The number of aryl methyl sites for hydroxylation is 2. The average Bonchev–Trinajstić information content (AvgIpc) is 3.04. The maximum absolute atomic E-state index is 8.97. The second kappa shape index (κ2) is 4.72. The molecule has 1 fully saturated rings. The summed E-state index contributed by atoms with van der Waals surface area (Å²) in [7, 11) is 0. The highest BCUT2D eigenvalue weighted by atomic mass is 16.4. The van der Waals surface area contributed by atoms with Gasteiger partial charge in [0.15, 0.2) is 5.84 Å². The quantitative estimate of drug-likeness (QED) is 0.366. The second-order valence-corrected chi connectivity index (χ2v) is 5.64. The maximum atomic E-state index is 8.97. The van der Waals surface area contributed by atoms with Gasteiger partial charge in [0.2, 0.25) is 0 Å². The van der Waals surface area contributed by atoms with Crippen LogP contribution in [0.25, 0.3) is 0 Å². The van der Waals surface area contributed by atoms with Gasteiger partial charge in [-0.1, -0.05) is 12.1 Å². The average molecular weight is 260 g/mol. The Labute approximate surface area is 113 Å². The van der Waals surface area contributed by atoms with Crippen LogP contribution in [0, 0.1) is 5.92 Å². The van der Waals surface area contributed by atoms with E-state index in [4.69, 9.17) is 15.9 Å². The number of hydrogen-bond acceptors (Lipinski definition) is 4.